The lowest BCUT2D eigenvalue weighted by Gasteiger charge is -2.02. The number of nitrogens with one attached hydrogen (secondary N) is 1. The van der Waals surface area contributed by atoms with E-state index in [9.17, 15) is 9.59 Å². The van der Waals surface area contributed by atoms with Crippen molar-refractivity contribution in [1.82, 2.24) is 9.55 Å². The van der Waals surface area contributed by atoms with Crippen LogP contribution in [0.4, 0.5) is 0 Å². The van der Waals surface area contributed by atoms with Gasteiger partial charge in [0.05, 0.1) is 6.54 Å². The second kappa shape index (κ2) is 4.04. The molecule has 0 aromatic carbocycles. The smallest absolute Gasteiger partial charge is 0.294 e. The number of hydrogen-bond donors (Lipinski definition) is 1. The molecule has 2 rings (SSSR count). The highest BCUT2D eigenvalue weighted by Crippen LogP contribution is 2.09. The van der Waals surface area contributed by atoms with Crippen molar-refractivity contribution in [1.29, 1.82) is 0 Å². The van der Waals surface area contributed by atoms with Gasteiger partial charge in [-0.25, -0.2) is 4.79 Å². The van der Waals surface area contributed by atoms with Gasteiger partial charge in [0.15, 0.2) is 0 Å². The van der Waals surface area contributed by atoms with Gasteiger partial charge in [-0.1, -0.05) is 17.7 Å². The van der Waals surface area contributed by atoms with E-state index in [4.69, 9.17) is 11.6 Å². The zero-order valence-corrected chi connectivity index (χ0v) is 9.14. The predicted octanol–water partition coefficient (Wildman–Crippen LogP) is 1.30. The Bertz CT molecular complexity index is 571. The van der Waals surface area contributed by atoms with Crippen LogP contribution >= 0.6 is 22.9 Å². The van der Waals surface area contributed by atoms with Crippen LogP contribution < -0.4 is 11.2 Å². The summed E-state index contributed by atoms with van der Waals surface area (Å²) in [5.41, 5.74) is -0.998. The van der Waals surface area contributed by atoms with Gasteiger partial charge in [0, 0.05) is 11.1 Å². The minimum atomic E-state index is -0.552. The van der Waals surface area contributed by atoms with Crippen molar-refractivity contribution < 1.29 is 0 Å². The molecule has 2 heterocycles. The summed E-state index contributed by atoms with van der Waals surface area (Å²) < 4.78 is 1.37. The molecule has 0 aliphatic rings. The van der Waals surface area contributed by atoms with E-state index in [-0.39, 0.29) is 5.02 Å². The number of thiophene rings is 1. The summed E-state index contributed by atoms with van der Waals surface area (Å²) in [7, 11) is 0. The average Bonchev–Trinajstić information content (AvgIpc) is 2.67. The SMILES string of the molecule is O=c1[nH]c(=O)n(Cc2cccs2)cc1Cl. The summed E-state index contributed by atoms with van der Waals surface area (Å²) in [6.07, 6.45) is 1.35. The maximum atomic E-state index is 11.4. The molecule has 0 amide bonds. The Morgan fingerprint density at radius 2 is 2.27 bits per heavy atom. The Labute approximate surface area is 93.8 Å². The molecule has 2 aromatic heterocycles. The molecule has 0 bridgehead atoms. The van der Waals surface area contributed by atoms with Gasteiger partial charge in [0.1, 0.15) is 5.02 Å². The number of aromatic nitrogens is 2. The lowest BCUT2D eigenvalue weighted by Crippen LogP contribution is -2.29. The van der Waals surface area contributed by atoms with Crippen molar-refractivity contribution in [2.24, 2.45) is 0 Å². The molecule has 2 aromatic rings. The van der Waals surface area contributed by atoms with Crippen LogP contribution in [0.5, 0.6) is 0 Å². The fourth-order valence-electron chi connectivity index (χ4n) is 1.17. The lowest BCUT2D eigenvalue weighted by molar-refractivity contribution is 0.729. The molecule has 0 aliphatic heterocycles. The van der Waals surface area contributed by atoms with Crippen molar-refractivity contribution in [2.45, 2.75) is 6.54 Å². The highest BCUT2D eigenvalue weighted by atomic mass is 35.5. The normalized spacial score (nSPS) is 10.5. The molecule has 78 valence electrons. The van der Waals surface area contributed by atoms with Crippen LogP contribution in [0.1, 0.15) is 4.88 Å². The van der Waals surface area contributed by atoms with Crippen LogP contribution in [-0.2, 0) is 6.54 Å². The minimum Gasteiger partial charge on any atom is -0.294 e. The molecule has 0 saturated heterocycles. The van der Waals surface area contributed by atoms with Crippen LogP contribution in [0.15, 0.2) is 33.3 Å². The third-order valence-electron chi connectivity index (χ3n) is 1.87. The van der Waals surface area contributed by atoms with E-state index in [2.05, 4.69) is 4.98 Å². The topological polar surface area (TPSA) is 54.9 Å². The first-order chi connectivity index (χ1) is 7.16. The fraction of sp³-hybridized carbons (Fsp3) is 0.111. The van der Waals surface area contributed by atoms with Crippen LogP contribution in [0.25, 0.3) is 0 Å². The molecule has 4 nitrogen and oxygen atoms in total. The molecular formula is C9H7ClN2O2S. The lowest BCUT2D eigenvalue weighted by atomic mass is 10.4. The maximum absolute atomic E-state index is 11.4. The summed E-state index contributed by atoms with van der Waals surface area (Å²) in [4.78, 5) is 25.5. The number of hydrogen-bond acceptors (Lipinski definition) is 3. The van der Waals surface area contributed by atoms with Crippen molar-refractivity contribution >= 4 is 22.9 Å². The number of H-pyrrole nitrogens is 1. The van der Waals surface area contributed by atoms with Crippen molar-refractivity contribution in [3.8, 4) is 0 Å². The Balaban J connectivity index is 2.42. The van der Waals surface area contributed by atoms with Gasteiger partial charge in [0.25, 0.3) is 5.56 Å². The minimum absolute atomic E-state index is 0.0196. The first kappa shape index (κ1) is 10.2. The standard InChI is InChI=1S/C9H7ClN2O2S/c10-7-5-12(9(14)11-8(7)13)4-6-2-1-3-15-6/h1-3,5H,4H2,(H,11,13,14). The second-order valence-electron chi connectivity index (χ2n) is 2.94. The monoisotopic (exact) mass is 242 g/mol. The Kier molecular flexibility index (Phi) is 2.75. The molecule has 0 radical (unpaired) electrons. The van der Waals surface area contributed by atoms with Crippen LogP contribution in [0.2, 0.25) is 5.02 Å². The van der Waals surface area contributed by atoms with Gasteiger partial charge in [0.2, 0.25) is 0 Å². The maximum Gasteiger partial charge on any atom is 0.328 e. The molecule has 15 heavy (non-hydrogen) atoms. The van der Waals surface area contributed by atoms with E-state index in [1.807, 2.05) is 17.5 Å². The third kappa shape index (κ3) is 2.19. The van der Waals surface area contributed by atoms with E-state index in [1.54, 1.807) is 11.3 Å². The Hall–Kier alpha value is -1.33. The van der Waals surface area contributed by atoms with Crippen molar-refractivity contribution in [3.63, 3.8) is 0 Å². The summed E-state index contributed by atoms with van der Waals surface area (Å²) in [5.74, 6) is 0. The summed E-state index contributed by atoms with van der Waals surface area (Å²) >= 11 is 7.17. The average molecular weight is 243 g/mol. The van der Waals surface area contributed by atoms with Crippen LogP contribution in [0, 0.1) is 0 Å². The number of rotatable bonds is 2. The molecule has 1 N–H and O–H groups in total. The van der Waals surface area contributed by atoms with Gasteiger partial charge in [-0.2, -0.15) is 0 Å². The van der Waals surface area contributed by atoms with Crippen molar-refractivity contribution in [2.75, 3.05) is 0 Å². The van der Waals surface area contributed by atoms with Crippen LogP contribution in [0.3, 0.4) is 0 Å². The Morgan fingerprint density at radius 3 is 2.93 bits per heavy atom. The van der Waals surface area contributed by atoms with Gasteiger partial charge < -0.3 is 0 Å². The second-order valence-corrected chi connectivity index (χ2v) is 4.38. The quantitative estimate of drug-likeness (QED) is 0.863. The molecule has 0 fully saturated rings. The highest BCUT2D eigenvalue weighted by molar-refractivity contribution is 7.09. The summed E-state index contributed by atoms with van der Waals surface area (Å²) in [6, 6.07) is 3.81. The number of halogens is 1. The zero-order chi connectivity index (χ0) is 10.8. The largest absolute Gasteiger partial charge is 0.328 e. The fourth-order valence-corrected chi connectivity index (χ4v) is 2.04. The van der Waals surface area contributed by atoms with E-state index in [0.29, 0.717) is 6.54 Å². The first-order valence-corrected chi connectivity index (χ1v) is 5.44. The summed E-state index contributed by atoms with van der Waals surface area (Å²) in [5, 5.41) is 1.94. The van der Waals surface area contributed by atoms with Crippen LogP contribution in [-0.4, -0.2) is 9.55 Å². The summed E-state index contributed by atoms with van der Waals surface area (Å²) in [6.45, 7) is 0.424. The predicted molar refractivity (Wildman–Crippen MR) is 59.8 cm³/mol. The third-order valence-corrected chi connectivity index (χ3v) is 3.00. The zero-order valence-electron chi connectivity index (χ0n) is 7.57. The molecule has 0 saturated carbocycles. The van der Waals surface area contributed by atoms with E-state index in [0.717, 1.165) is 4.88 Å². The molecule has 0 unspecified atom stereocenters. The number of aromatic amines is 1. The molecular weight excluding hydrogens is 236 g/mol. The van der Waals surface area contributed by atoms with E-state index < -0.39 is 11.2 Å². The molecule has 0 atom stereocenters. The first-order valence-electron chi connectivity index (χ1n) is 4.18. The Morgan fingerprint density at radius 1 is 1.47 bits per heavy atom. The van der Waals surface area contributed by atoms with Gasteiger partial charge in [-0.05, 0) is 11.4 Å². The number of nitrogens with zero attached hydrogens (tertiary/aromatic N) is 1. The van der Waals surface area contributed by atoms with Gasteiger partial charge >= 0.3 is 5.69 Å². The molecule has 6 heteroatoms. The van der Waals surface area contributed by atoms with Crippen molar-refractivity contribution in [3.05, 3.63) is 54.4 Å². The van der Waals surface area contributed by atoms with E-state index >= 15 is 0 Å². The molecule has 0 aliphatic carbocycles. The highest BCUT2D eigenvalue weighted by Gasteiger charge is 2.03. The van der Waals surface area contributed by atoms with E-state index in [1.165, 1.54) is 10.8 Å². The van der Waals surface area contributed by atoms with Gasteiger partial charge in [-0.3, -0.25) is 14.3 Å². The van der Waals surface area contributed by atoms with Gasteiger partial charge in [-0.15, -0.1) is 11.3 Å². The molecule has 0 spiro atoms.